The van der Waals surface area contributed by atoms with E-state index in [9.17, 15) is 8.42 Å². The Balaban J connectivity index is 2.35. The summed E-state index contributed by atoms with van der Waals surface area (Å²) in [5, 5.41) is 0.570. The Morgan fingerprint density at radius 3 is 2.79 bits per heavy atom. The van der Waals surface area contributed by atoms with Crippen LogP contribution in [0.4, 0.5) is 0 Å². The van der Waals surface area contributed by atoms with Crippen molar-refractivity contribution in [2.75, 3.05) is 12.8 Å². The van der Waals surface area contributed by atoms with Crippen LogP contribution in [0.5, 0.6) is 0 Å². The van der Waals surface area contributed by atoms with Crippen LogP contribution in [0.15, 0.2) is 18.2 Å². The Morgan fingerprint density at radius 1 is 1.42 bits per heavy atom. The third kappa shape index (κ3) is 3.39. The molecule has 0 atom stereocenters. The van der Waals surface area contributed by atoms with Gasteiger partial charge in [-0.25, -0.2) is 18.1 Å². The lowest BCUT2D eigenvalue weighted by atomic mass is 10.3. The van der Waals surface area contributed by atoms with Gasteiger partial charge in [0.15, 0.2) is 0 Å². The van der Waals surface area contributed by atoms with E-state index in [1.807, 2.05) is 16.7 Å². The lowest BCUT2D eigenvalue weighted by Crippen LogP contribution is -2.26. The summed E-state index contributed by atoms with van der Waals surface area (Å²) in [5.41, 5.74) is 1.53. The predicted octanol–water partition coefficient (Wildman–Crippen LogP) is 1.98. The summed E-state index contributed by atoms with van der Waals surface area (Å²) < 4.78 is 26.4. The SMILES string of the molecule is CS(=O)(=O)NCCn1c(CCl)nc2cccc(Cl)c21. The van der Waals surface area contributed by atoms with Crippen LogP contribution >= 0.6 is 23.2 Å². The molecule has 5 nitrogen and oxygen atoms in total. The quantitative estimate of drug-likeness (QED) is 0.856. The van der Waals surface area contributed by atoms with E-state index in [1.54, 1.807) is 6.07 Å². The van der Waals surface area contributed by atoms with E-state index in [4.69, 9.17) is 23.2 Å². The van der Waals surface area contributed by atoms with Crippen molar-refractivity contribution in [2.24, 2.45) is 0 Å². The fourth-order valence-corrected chi connectivity index (χ4v) is 2.81. The van der Waals surface area contributed by atoms with Crippen molar-refractivity contribution in [3.05, 3.63) is 29.0 Å². The van der Waals surface area contributed by atoms with Crippen LogP contribution in [0.2, 0.25) is 5.02 Å². The van der Waals surface area contributed by atoms with E-state index in [2.05, 4.69) is 9.71 Å². The molecular formula is C11H13Cl2N3O2S. The van der Waals surface area contributed by atoms with E-state index in [0.29, 0.717) is 17.4 Å². The maximum Gasteiger partial charge on any atom is 0.208 e. The second-order valence-corrected chi connectivity index (χ2v) is 6.59. The second-order valence-electron chi connectivity index (χ2n) is 4.09. The van der Waals surface area contributed by atoms with Crippen LogP contribution in [-0.4, -0.2) is 30.8 Å². The molecule has 19 heavy (non-hydrogen) atoms. The van der Waals surface area contributed by atoms with Gasteiger partial charge in [-0.15, -0.1) is 11.6 Å². The number of halogens is 2. The van der Waals surface area contributed by atoms with Gasteiger partial charge >= 0.3 is 0 Å². The highest BCUT2D eigenvalue weighted by atomic mass is 35.5. The first-order valence-corrected chi connectivity index (χ1v) is 8.37. The molecule has 1 heterocycles. The first-order chi connectivity index (χ1) is 8.92. The maximum atomic E-state index is 11.1. The largest absolute Gasteiger partial charge is 0.324 e. The highest BCUT2D eigenvalue weighted by Gasteiger charge is 2.12. The number of imidazole rings is 1. The summed E-state index contributed by atoms with van der Waals surface area (Å²) in [6.45, 7) is 0.689. The van der Waals surface area contributed by atoms with Crippen LogP contribution in [-0.2, 0) is 22.4 Å². The molecule has 0 aliphatic carbocycles. The Hall–Kier alpha value is -0.820. The van der Waals surface area contributed by atoms with E-state index in [1.165, 1.54) is 0 Å². The summed E-state index contributed by atoms with van der Waals surface area (Å²) >= 11 is 12.0. The Kier molecular flexibility index (Phi) is 4.35. The molecule has 0 saturated heterocycles. The average Bonchev–Trinajstić information content (AvgIpc) is 2.67. The number of hydrogen-bond donors (Lipinski definition) is 1. The number of hydrogen-bond acceptors (Lipinski definition) is 3. The first kappa shape index (κ1) is 14.6. The van der Waals surface area contributed by atoms with Gasteiger partial charge in [-0.05, 0) is 12.1 Å². The molecule has 104 valence electrons. The van der Waals surface area contributed by atoms with Crippen molar-refractivity contribution >= 4 is 44.3 Å². The van der Waals surface area contributed by atoms with Crippen molar-refractivity contribution in [1.29, 1.82) is 0 Å². The Labute approximate surface area is 121 Å². The van der Waals surface area contributed by atoms with Crippen LogP contribution in [0.3, 0.4) is 0 Å². The monoisotopic (exact) mass is 321 g/mol. The number of benzene rings is 1. The summed E-state index contributed by atoms with van der Waals surface area (Å²) in [6, 6.07) is 5.43. The van der Waals surface area contributed by atoms with E-state index in [-0.39, 0.29) is 12.4 Å². The predicted molar refractivity (Wildman–Crippen MR) is 77.1 cm³/mol. The molecule has 0 radical (unpaired) electrons. The highest BCUT2D eigenvalue weighted by Crippen LogP contribution is 2.25. The molecule has 1 aromatic heterocycles. The van der Waals surface area contributed by atoms with Crippen molar-refractivity contribution in [2.45, 2.75) is 12.4 Å². The number of sulfonamides is 1. The molecule has 0 bridgehead atoms. The van der Waals surface area contributed by atoms with Gasteiger partial charge in [0.05, 0.1) is 28.2 Å². The van der Waals surface area contributed by atoms with Crippen LogP contribution in [0, 0.1) is 0 Å². The first-order valence-electron chi connectivity index (χ1n) is 5.56. The zero-order valence-electron chi connectivity index (χ0n) is 10.2. The molecule has 0 spiro atoms. The highest BCUT2D eigenvalue weighted by molar-refractivity contribution is 7.88. The summed E-state index contributed by atoms with van der Waals surface area (Å²) in [4.78, 5) is 4.38. The third-order valence-electron chi connectivity index (χ3n) is 2.62. The number of nitrogens with one attached hydrogen (secondary N) is 1. The Morgan fingerprint density at radius 2 is 2.16 bits per heavy atom. The molecule has 1 N–H and O–H groups in total. The molecule has 1 aromatic carbocycles. The van der Waals surface area contributed by atoms with Crippen molar-refractivity contribution < 1.29 is 8.42 Å². The summed E-state index contributed by atoms with van der Waals surface area (Å²) in [7, 11) is -3.21. The number of rotatable bonds is 5. The number of nitrogens with zero attached hydrogens (tertiary/aromatic N) is 2. The molecule has 0 aliphatic rings. The van der Waals surface area contributed by atoms with Crippen molar-refractivity contribution in [3.63, 3.8) is 0 Å². The smallest absolute Gasteiger partial charge is 0.208 e. The van der Waals surface area contributed by atoms with Gasteiger partial charge in [0.1, 0.15) is 5.82 Å². The van der Waals surface area contributed by atoms with Crippen LogP contribution < -0.4 is 4.72 Å². The average molecular weight is 322 g/mol. The zero-order chi connectivity index (χ0) is 14.0. The summed E-state index contributed by atoms with van der Waals surface area (Å²) in [6.07, 6.45) is 1.12. The normalized spacial score (nSPS) is 12.2. The lowest BCUT2D eigenvalue weighted by molar-refractivity contribution is 0.578. The van der Waals surface area contributed by atoms with E-state index < -0.39 is 10.0 Å². The standard InChI is InChI=1S/C11H13Cl2N3O2S/c1-19(17,18)14-5-6-16-10(7-12)15-9-4-2-3-8(13)11(9)16/h2-4,14H,5-7H2,1H3. The summed E-state index contributed by atoms with van der Waals surface area (Å²) in [5.74, 6) is 0.907. The number of para-hydroxylation sites is 1. The third-order valence-corrected chi connectivity index (χ3v) is 3.89. The van der Waals surface area contributed by atoms with Gasteiger partial charge in [0, 0.05) is 13.1 Å². The Bertz CT molecular complexity index is 697. The maximum absolute atomic E-state index is 11.1. The fraction of sp³-hybridized carbons (Fsp3) is 0.364. The second kappa shape index (κ2) is 5.66. The minimum absolute atomic E-state index is 0.240. The molecule has 0 aliphatic heterocycles. The molecule has 0 unspecified atom stereocenters. The van der Waals surface area contributed by atoms with Gasteiger partial charge in [0.2, 0.25) is 10.0 Å². The number of fused-ring (bicyclic) bond motifs is 1. The van der Waals surface area contributed by atoms with Gasteiger partial charge in [-0.3, -0.25) is 0 Å². The van der Waals surface area contributed by atoms with Crippen molar-refractivity contribution in [3.8, 4) is 0 Å². The van der Waals surface area contributed by atoms with Gasteiger partial charge in [-0.2, -0.15) is 0 Å². The molecule has 2 aromatic rings. The zero-order valence-corrected chi connectivity index (χ0v) is 12.6. The molecule has 8 heteroatoms. The van der Waals surface area contributed by atoms with Gasteiger partial charge in [0.25, 0.3) is 0 Å². The molecule has 2 rings (SSSR count). The lowest BCUT2D eigenvalue weighted by Gasteiger charge is -2.08. The topological polar surface area (TPSA) is 64.0 Å². The molecule has 0 saturated carbocycles. The van der Waals surface area contributed by atoms with E-state index >= 15 is 0 Å². The van der Waals surface area contributed by atoms with Gasteiger partial charge < -0.3 is 4.57 Å². The fourth-order valence-electron chi connectivity index (χ4n) is 1.88. The number of alkyl halides is 1. The van der Waals surface area contributed by atoms with Crippen molar-refractivity contribution in [1.82, 2.24) is 14.3 Å². The van der Waals surface area contributed by atoms with Crippen LogP contribution in [0.25, 0.3) is 11.0 Å². The van der Waals surface area contributed by atoms with Gasteiger partial charge in [-0.1, -0.05) is 17.7 Å². The number of aromatic nitrogens is 2. The van der Waals surface area contributed by atoms with Crippen LogP contribution in [0.1, 0.15) is 5.82 Å². The molecule has 0 fully saturated rings. The minimum Gasteiger partial charge on any atom is -0.324 e. The minimum atomic E-state index is -3.21. The molecule has 0 amide bonds. The molecular weight excluding hydrogens is 309 g/mol. The van der Waals surface area contributed by atoms with E-state index in [0.717, 1.165) is 17.3 Å².